The number of aromatic nitrogens is 2. The highest BCUT2D eigenvalue weighted by Gasteiger charge is 2.25. The lowest BCUT2D eigenvalue weighted by Crippen LogP contribution is -2.41. The topological polar surface area (TPSA) is 80.0 Å². The van der Waals surface area contributed by atoms with Crippen LogP contribution in [0.2, 0.25) is 0 Å². The number of nitrogens with one attached hydrogen (secondary N) is 2. The van der Waals surface area contributed by atoms with Gasteiger partial charge in [-0.05, 0) is 38.4 Å². The van der Waals surface area contributed by atoms with Crippen molar-refractivity contribution in [3.63, 3.8) is 0 Å². The van der Waals surface area contributed by atoms with E-state index in [1.807, 2.05) is 0 Å². The third-order valence-electron chi connectivity index (χ3n) is 3.63. The van der Waals surface area contributed by atoms with E-state index in [4.69, 9.17) is 4.52 Å². The normalized spacial score (nSPS) is 19.1. The molecule has 1 fully saturated rings. The monoisotopic (exact) mass is 304 g/mol. The molecule has 2 unspecified atom stereocenters. The molecule has 1 aliphatic rings. The number of halogens is 1. The van der Waals surface area contributed by atoms with Gasteiger partial charge in [0.2, 0.25) is 17.6 Å². The predicted molar refractivity (Wildman–Crippen MR) is 77.3 cm³/mol. The van der Waals surface area contributed by atoms with Gasteiger partial charge in [-0.1, -0.05) is 17.3 Å². The van der Waals surface area contributed by atoms with Crippen molar-refractivity contribution in [3.8, 4) is 11.4 Å². The highest BCUT2D eigenvalue weighted by Crippen LogP contribution is 2.19. The Labute approximate surface area is 127 Å². The van der Waals surface area contributed by atoms with Gasteiger partial charge in [0.15, 0.2) is 0 Å². The molecule has 1 aromatic carbocycles. The van der Waals surface area contributed by atoms with Crippen LogP contribution in [0.1, 0.15) is 31.7 Å². The Balaban J connectivity index is 1.68. The second kappa shape index (κ2) is 6.23. The Kier molecular flexibility index (Phi) is 4.15. The fraction of sp³-hybridized carbons (Fsp3) is 0.400. The van der Waals surface area contributed by atoms with Crippen molar-refractivity contribution >= 4 is 5.91 Å². The molecule has 7 heteroatoms. The van der Waals surface area contributed by atoms with Crippen molar-refractivity contribution in [3.05, 3.63) is 36.0 Å². The lowest BCUT2D eigenvalue weighted by Gasteiger charge is -2.14. The molecule has 0 aliphatic carbocycles. The molecule has 2 atom stereocenters. The van der Waals surface area contributed by atoms with Gasteiger partial charge in [0, 0.05) is 5.56 Å². The number of rotatable bonds is 4. The summed E-state index contributed by atoms with van der Waals surface area (Å²) in [4.78, 5) is 16.3. The molecule has 2 N–H and O–H groups in total. The molecule has 1 saturated heterocycles. The van der Waals surface area contributed by atoms with Gasteiger partial charge in [0.25, 0.3) is 0 Å². The largest absolute Gasteiger partial charge is 0.343 e. The summed E-state index contributed by atoms with van der Waals surface area (Å²) in [5.41, 5.74) is 0.533. The van der Waals surface area contributed by atoms with Crippen LogP contribution in [0.25, 0.3) is 11.4 Å². The molecule has 2 aromatic rings. The quantitative estimate of drug-likeness (QED) is 0.900. The van der Waals surface area contributed by atoms with E-state index >= 15 is 0 Å². The first kappa shape index (κ1) is 14.6. The molecule has 0 radical (unpaired) electrons. The minimum absolute atomic E-state index is 0.0736. The zero-order valence-corrected chi connectivity index (χ0v) is 12.2. The second-order valence-electron chi connectivity index (χ2n) is 5.35. The maximum atomic E-state index is 13.2. The van der Waals surface area contributed by atoms with Gasteiger partial charge in [-0.3, -0.25) is 4.79 Å². The van der Waals surface area contributed by atoms with Crippen molar-refractivity contribution in [2.45, 2.75) is 31.8 Å². The Morgan fingerprint density at radius 2 is 2.41 bits per heavy atom. The Morgan fingerprint density at radius 1 is 1.55 bits per heavy atom. The van der Waals surface area contributed by atoms with Crippen molar-refractivity contribution in [1.82, 2.24) is 20.8 Å². The highest BCUT2D eigenvalue weighted by molar-refractivity contribution is 5.82. The first-order valence-electron chi connectivity index (χ1n) is 7.27. The van der Waals surface area contributed by atoms with E-state index in [1.165, 1.54) is 12.1 Å². The molecule has 0 saturated carbocycles. The molecule has 6 nitrogen and oxygen atoms in total. The Morgan fingerprint density at radius 3 is 3.14 bits per heavy atom. The molecular weight excluding hydrogens is 287 g/mol. The van der Waals surface area contributed by atoms with Crippen molar-refractivity contribution in [2.24, 2.45) is 0 Å². The molecule has 116 valence electrons. The SMILES string of the molecule is CC(NC(=O)C1CCCN1)c1nc(-c2cccc(F)c2)no1. The number of hydrogen-bond donors (Lipinski definition) is 2. The van der Waals surface area contributed by atoms with Crippen LogP contribution in [0.4, 0.5) is 4.39 Å². The summed E-state index contributed by atoms with van der Waals surface area (Å²) in [5, 5.41) is 9.81. The zero-order valence-electron chi connectivity index (χ0n) is 12.2. The van der Waals surface area contributed by atoms with E-state index in [-0.39, 0.29) is 17.8 Å². The number of carbonyl (C=O) groups is 1. The van der Waals surface area contributed by atoms with Gasteiger partial charge >= 0.3 is 0 Å². The predicted octanol–water partition coefficient (Wildman–Crippen LogP) is 1.80. The lowest BCUT2D eigenvalue weighted by molar-refractivity contribution is -0.123. The van der Waals surface area contributed by atoms with Gasteiger partial charge in [-0.25, -0.2) is 4.39 Å². The summed E-state index contributed by atoms with van der Waals surface area (Å²) >= 11 is 0. The van der Waals surface area contributed by atoms with E-state index in [0.29, 0.717) is 17.3 Å². The van der Waals surface area contributed by atoms with Crippen LogP contribution in [0.3, 0.4) is 0 Å². The van der Waals surface area contributed by atoms with Crippen LogP contribution in [-0.2, 0) is 4.79 Å². The standard InChI is InChI=1S/C15H17FN4O2/c1-9(18-14(21)12-6-3-7-17-12)15-19-13(20-22-15)10-4-2-5-11(16)8-10/h2,4-5,8-9,12,17H,3,6-7H2,1H3,(H,18,21). The highest BCUT2D eigenvalue weighted by atomic mass is 19.1. The number of nitrogens with zero attached hydrogens (tertiary/aromatic N) is 2. The minimum atomic E-state index is -0.398. The second-order valence-corrected chi connectivity index (χ2v) is 5.35. The summed E-state index contributed by atoms with van der Waals surface area (Å²) in [5.74, 6) is 0.160. The molecule has 3 rings (SSSR count). The van der Waals surface area contributed by atoms with Gasteiger partial charge < -0.3 is 15.2 Å². The van der Waals surface area contributed by atoms with E-state index in [0.717, 1.165) is 19.4 Å². The average molecular weight is 304 g/mol. The molecule has 1 aromatic heterocycles. The lowest BCUT2D eigenvalue weighted by atomic mass is 10.2. The summed E-state index contributed by atoms with van der Waals surface area (Å²) in [6.07, 6.45) is 1.83. The fourth-order valence-electron chi connectivity index (χ4n) is 2.44. The van der Waals surface area contributed by atoms with Crippen LogP contribution in [0.15, 0.2) is 28.8 Å². The third-order valence-corrected chi connectivity index (χ3v) is 3.63. The number of benzene rings is 1. The van der Waals surface area contributed by atoms with Gasteiger partial charge in [0.1, 0.15) is 11.9 Å². The summed E-state index contributed by atoms with van der Waals surface area (Å²) in [6, 6.07) is 5.40. The molecule has 22 heavy (non-hydrogen) atoms. The number of carbonyl (C=O) groups excluding carboxylic acids is 1. The summed E-state index contributed by atoms with van der Waals surface area (Å²) < 4.78 is 18.4. The van der Waals surface area contributed by atoms with Crippen LogP contribution >= 0.6 is 0 Å². The maximum Gasteiger partial charge on any atom is 0.249 e. The van der Waals surface area contributed by atoms with E-state index in [1.54, 1.807) is 19.1 Å². The van der Waals surface area contributed by atoms with Gasteiger partial charge in [0.05, 0.1) is 6.04 Å². The minimum Gasteiger partial charge on any atom is -0.343 e. The summed E-state index contributed by atoms with van der Waals surface area (Å²) in [7, 11) is 0. The molecule has 1 amide bonds. The van der Waals surface area contributed by atoms with E-state index < -0.39 is 6.04 Å². The van der Waals surface area contributed by atoms with Crippen molar-refractivity contribution in [1.29, 1.82) is 0 Å². The Hall–Kier alpha value is -2.28. The summed E-state index contributed by atoms with van der Waals surface area (Å²) in [6.45, 7) is 2.63. The molecule has 0 bridgehead atoms. The number of hydrogen-bond acceptors (Lipinski definition) is 5. The van der Waals surface area contributed by atoms with E-state index in [9.17, 15) is 9.18 Å². The number of amides is 1. The third kappa shape index (κ3) is 3.14. The molecule has 0 spiro atoms. The van der Waals surface area contributed by atoms with Crippen LogP contribution in [-0.4, -0.2) is 28.6 Å². The van der Waals surface area contributed by atoms with Crippen LogP contribution in [0, 0.1) is 5.82 Å². The first-order valence-corrected chi connectivity index (χ1v) is 7.27. The first-order chi connectivity index (χ1) is 10.6. The van der Waals surface area contributed by atoms with Gasteiger partial charge in [-0.15, -0.1) is 0 Å². The van der Waals surface area contributed by atoms with E-state index in [2.05, 4.69) is 20.8 Å². The van der Waals surface area contributed by atoms with Crippen molar-refractivity contribution < 1.29 is 13.7 Å². The van der Waals surface area contributed by atoms with Gasteiger partial charge in [-0.2, -0.15) is 4.98 Å². The molecular formula is C15H17FN4O2. The zero-order chi connectivity index (χ0) is 15.5. The smallest absolute Gasteiger partial charge is 0.249 e. The van der Waals surface area contributed by atoms with Crippen LogP contribution in [0.5, 0.6) is 0 Å². The maximum absolute atomic E-state index is 13.2. The fourth-order valence-corrected chi connectivity index (χ4v) is 2.44. The Bertz CT molecular complexity index is 667. The molecule has 2 heterocycles. The van der Waals surface area contributed by atoms with Crippen molar-refractivity contribution in [2.75, 3.05) is 6.54 Å². The van der Waals surface area contributed by atoms with Crippen LogP contribution < -0.4 is 10.6 Å². The average Bonchev–Trinajstić information content (AvgIpc) is 3.19. The molecule has 1 aliphatic heterocycles.